The minimum absolute atomic E-state index is 0.154. The molecule has 22 heavy (non-hydrogen) atoms. The van der Waals surface area contributed by atoms with Gasteiger partial charge in [0.15, 0.2) is 0 Å². The van der Waals surface area contributed by atoms with E-state index in [1.165, 1.54) is 23.1 Å². The van der Waals surface area contributed by atoms with Crippen LogP contribution in [0, 0.1) is 5.41 Å². The summed E-state index contributed by atoms with van der Waals surface area (Å²) in [7, 11) is 0. The maximum atomic E-state index is 4.60. The fourth-order valence-electron chi connectivity index (χ4n) is 4.31. The molecule has 2 atom stereocenters. The van der Waals surface area contributed by atoms with Gasteiger partial charge in [0.05, 0.1) is 5.69 Å². The summed E-state index contributed by atoms with van der Waals surface area (Å²) in [5.41, 5.74) is 5.49. The van der Waals surface area contributed by atoms with Crippen molar-refractivity contribution in [3.05, 3.63) is 95.9 Å². The minimum Gasteiger partial charge on any atom is -0.256 e. The summed E-state index contributed by atoms with van der Waals surface area (Å²) in [4.78, 5) is 4.60. The quantitative estimate of drug-likeness (QED) is 0.693. The smallest absolute Gasteiger partial charge is 0.0705 e. The Labute approximate surface area is 130 Å². The van der Waals surface area contributed by atoms with Crippen molar-refractivity contribution < 1.29 is 0 Å². The summed E-state index contributed by atoms with van der Waals surface area (Å²) in [6, 6.07) is 15.0. The Bertz CT molecular complexity index is 843. The number of rotatable bonds is 1. The lowest BCUT2D eigenvalue weighted by Gasteiger charge is -2.28. The molecule has 2 aromatic rings. The standard InChI is InChI=1S/C21H17N/c1-5-11-20-14-17(19-10-4-7-13-22-19)16-8-2-3-9-18(16)21(20,15-20)12-6-1/h2-14H,1,15H2. The maximum absolute atomic E-state index is 4.60. The Morgan fingerprint density at radius 1 is 0.909 bits per heavy atom. The molecule has 0 amide bonds. The molecular formula is C21H17N. The number of aromatic nitrogens is 1. The summed E-state index contributed by atoms with van der Waals surface area (Å²) < 4.78 is 0. The average Bonchev–Trinajstić information content (AvgIpc) is 3.26. The molecule has 1 heterocycles. The van der Waals surface area contributed by atoms with E-state index in [0.29, 0.717) is 0 Å². The van der Waals surface area contributed by atoms with Crippen LogP contribution in [0.3, 0.4) is 0 Å². The molecule has 1 aromatic heterocycles. The molecule has 1 nitrogen and oxygen atoms in total. The van der Waals surface area contributed by atoms with Crippen molar-refractivity contribution in [2.24, 2.45) is 5.41 Å². The molecule has 0 bridgehead atoms. The van der Waals surface area contributed by atoms with Gasteiger partial charge < -0.3 is 0 Å². The summed E-state index contributed by atoms with van der Waals surface area (Å²) >= 11 is 0. The van der Waals surface area contributed by atoms with Gasteiger partial charge in [-0.25, -0.2) is 0 Å². The van der Waals surface area contributed by atoms with Gasteiger partial charge in [-0.15, -0.1) is 0 Å². The fourth-order valence-corrected chi connectivity index (χ4v) is 4.31. The number of hydrogen-bond acceptors (Lipinski definition) is 1. The van der Waals surface area contributed by atoms with E-state index in [0.717, 1.165) is 12.1 Å². The van der Waals surface area contributed by atoms with Gasteiger partial charge in [-0.05, 0) is 36.1 Å². The number of fused-ring (bicyclic) bond motifs is 1. The molecule has 2 unspecified atom stereocenters. The Kier molecular flexibility index (Phi) is 2.25. The first-order chi connectivity index (χ1) is 10.8. The molecule has 1 fully saturated rings. The molecule has 106 valence electrons. The van der Waals surface area contributed by atoms with Crippen LogP contribution in [-0.4, -0.2) is 4.98 Å². The maximum Gasteiger partial charge on any atom is 0.0705 e. The number of hydrogen-bond donors (Lipinski definition) is 0. The zero-order chi connectivity index (χ0) is 14.6. The molecule has 1 saturated carbocycles. The molecule has 0 N–H and O–H groups in total. The van der Waals surface area contributed by atoms with E-state index in [4.69, 9.17) is 0 Å². The Balaban J connectivity index is 1.81. The highest BCUT2D eigenvalue weighted by atomic mass is 14.7. The zero-order valence-electron chi connectivity index (χ0n) is 12.4. The predicted octanol–water partition coefficient (Wildman–Crippen LogP) is 4.67. The van der Waals surface area contributed by atoms with E-state index in [1.807, 2.05) is 12.3 Å². The second kappa shape index (κ2) is 4.07. The van der Waals surface area contributed by atoms with Gasteiger partial charge in [-0.2, -0.15) is 0 Å². The van der Waals surface area contributed by atoms with Crippen molar-refractivity contribution in [3.8, 4) is 0 Å². The zero-order valence-corrected chi connectivity index (χ0v) is 12.4. The highest BCUT2D eigenvalue weighted by Gasteiger charge is 2.66. The molecule has 1 aromatic carbocycles. The molecule has 3 aliphatic rings. The van der Waals surface area contributed by atoms with Crippen LogP contribution in [0.4, 0.5) is 0 Å². The van der Waals surface area contributed by atoms with Crippen LogP contribution in [0.25, 0.3) is 5.57 Å². The van der Waals surface area contributed by atoms with Crippen molar-refractivity contribution in [3.63, 3.8) is 0 Å². The van der Waals surface area contributed by atoms with Gasteiger partial charge >= 0.3 is 0 Å². The summed E-state index contributed by atoms with van der Waals surface area (Å²) in [6.45, 7) is 0. The highest BCUT2D eigenvalue weighted by Crippen LogP contribution is 2.72. The molecule has 3 aliphatic carbocycles. The summed E-state index contributed by atoms with van der Waals surface area (Å²) in [6.07, 6.45) is 16.1. The second-order valence-electron chi connectivity index (χ2n) is 6.55. The summed E-state index contributed by atoms with van der Waals surface area (Å²) in [5.74, 6) is 0. The van der Waals surface area contributed by atoms with Crippen LogP contribution in [0.5, 0.6) is 0 Å². The van der Waals surface area contributed by atoms with Gasteiger partial charge in [0.25, 0.3) is 0 Å². The second-order valence-corrected chi connectivity index (χ2v) is 6.55. The van der Waals surface area contributed by atoms with E-state index in [2.05, 4.69) is 71.8 Å². The van der Waals surface area contributed by atoms with E-state index in [1.54, 1.807) is 0 Å². The van der Waals surface area contributed by atoms with Gasteiger partial charge in [-0.1, -0.05) is 60.7 Å². The normalized spacial score (nSPS) is 30.6. The summed E-state index contributed by atoms with van der Waals surface area (Å²) in [5, 5.41) is 0. The van der Waals surface area contributed by atoms with Crippen LogP contribution in [0.1, 0.15) is 29.7 Å². The third kappa shape index (κ3) is 1.41. The lowest BCUT2D eigenvalue weighted by Crippen LogP contribution is -2.19. The molecule has 0 radical (unpaired) electrons. The van der Waals surface area contributed by atoms with Crippen molar-refractivity contribution in [1.82, 2.24) is 4.98 Å². The SMILES string of the molecule is C1=CC23C=C(c4ccccn4)c4ccccc4C2(C=CC1)C3. The van der Waals surface area contributed by atoms with Crippen molar-refractivity contribution in [2.45, 2.75) is 18.3 Å². The Hall–Kier alpha value is -2.41. The lowest BCUT2D eigenvalue weighted by atomic mass is 9.75. The monoisotopic (exact) mass is 283 g/mol. The largest absolute Gasteiger partial charge is 0.256 e. The van der Waals surface area contributed by atoms with Gasteiger partial charge in [0.2, 0.25) is 0 Å². The first-order valence-electron chi connectivity index (χ1n) is 7.94. The van der Waals surface area contributed by atoms with Crippen LogP contribution in [0.2, 0.25) is 0 Å². The number of benzene rings is 1. The van der Waals surface area contributed by atoms with E-state index in [9.17, 15) is 0 Å². The number of allylic oxidation sites excluding steroid dienone is 5. The highest BCUT2D eigenvalue weighted by molar-refractivity contribution is 5.86. The first-order valence-corrected chi connectivity index (χ1v) is 7.94. The van der Waals surface area contributed by atoms with Gasteiger partial charge in [0.1, 0.15) is 0 Å². The first kappa shape index (κ1) is 12.2. The van der Waals surface area contributed by atoms with Crippen LogP contribution >= 0.6 is 0 Å². The van der Waals surface area contributed by atoms with Crippen LogP contribution < -0.4 is 0 Å². The topological polar surface area (TPSA) is 12.9 Å². The Morgan fingerprint density at radius 2 is 1.77 bits per heavy atom. The molecule has 5 rings (SSSR count). The molecule has 0 aliphatic heterocycles. The number of pyridine rings is 1. The third-order valence-electron chi connectivity index (χ3n) is 5.41. The van der Waals surface area contributed by atoms with Crippen LogP contribution in [0.15, 0.2) is 79.0 Å². The fraction of sp³-hybridized carbons (Fsp3) is 0.190. The van der Waals surface area contributed by atoms with E-state index in [-0.39, 0.29) is 10.8 Å². The Morgan fingerprint density at radius 3 is 2.68 bits per heavy atom. The minimum atomic E-state index is 0.154. The molecule has 0 saturated heterocycles. The lowest BCUT2D eigenvalue weighted by molar-refractivity contribution is 0.696. The van der Waals surface area contributed by atoms with Crippen molar-refractivity contribution in [2.75, 3.05) is 0 Å². The number of nitrogens with zero attached hydrogens (tertiary/aromatic N) is 1. The van der Waals surface area contributed by atoms with Crippen molar-refractivity contribution in [1.29, 1.82) is 0 Å². The third-order valence-corrected chi connectivity index (χ3v) is 5.41. The predicted molar refractivity (Wildman–Crippen MR) is 89.4 cm³/mol. The molecule has 1 heteroatoms. The van der Waals surface area contributed by atoms with Gasteiger partial charge in [-0.3, -0.25) is 4.98 Å². The molecular weight excluding hydrogens is 266 g/mol. The molecule has 0 spiro atoms. The van der Waals surface area contributed by atoms with E-state index >= 15 is 0 Å². The van der Waals surface area contributed by atoms with E-state index < -0.39 is 0 Å². The average molecular weight is 283 g/mol. The van der Waals surface area contributed by atoms with Crippen molar-refractivity contribution >= 4 is 5.57 Å². The van der Waals surface area contributed by atoms with Crippen LogP contribution in [-0.2, 0) is 5.41 Å². The van der Waals surface area contributed by atoms with Gasteiger partial charge in [0, 0.05) is 22.6 Å².